The van der Waals surface area contributed by atoms with Gasteiger partial charge in [-0.25, -0.2) is 4.98 Å². The maximum absolute atomic E-state index is 11.4. The van der Waals surface area contributed by atoms with E-state index >= 15 is 0 Å². The normalized spacial score (nSPS) is 12.1. The topological polar surface area (TPSA) is 57.8 Å². The van der Waals surface area contributed by atoms with Crippen LogP contribution in [0.4, 0.5) is 5.82 Å². The van der Waals surface area contributed by atoms with E-state index in [0.29, 0.717) is 18.3 Å². The minimum Gasteiger partial charge on any atom is -0.365 e. The van der Waals surface area contributed by atoms with Crippen LogP contribution in [0, 0.1) is 0 Å². The maximum atomic E-state index is 11.4. The Kier molecular flexibility index (Phi) is 3.55. The predicted molar refractivity (Wildman–Crippen MR) is 68.2 cm³/mol. The number of nitrogens with one attached hydrogen (secondary N) is 2. The van der Waals surface area contributed by atoms with Gasteiger partial charge in [-0.15, -0.1) is 0 Å². The van der Waals surface area contributed by atoms with Crippen molar-refractivity contribution in [2.45, 2.75) is 12.8 Å². The molecule has 0 aliphatic rings. The van der Waals surface area contributed by atoms with Crippen molar-refractivity contribution in [2.24, 2.45) is 0 Å². The summed E-state index contributed by atoms with van der Waals surface area (Å²) in [5.41, 5.74) is 1.06. The quantitative estimate of drug-likeness (QED) is 0.842. The highest BCUT2D eigenvalue weighted by molar-refractivity contribution is 5.31. The Balaban J connectivity index is 2.00. The number of nitrogens with zero attached hydrogens (tertiary/aromatic N) is 1. The molecule has 88 valence electrons. The molecule has 1 aromatic heterocycles. The Labute approximate surface area is 99.7 Å². The molecule has 1 aromatic carbocycles. The van der Waals surface area contributed by atoms with Crippen LogP contribution in [0.2, 0.25) is 0 Å². The number of aromatic amines is 1. The fourth-order valence-corrected chi connectivity index (χ4v) is 1.63. The number of hydrogen-bond acceptors (Lipinski definition) is 3. The first-order valence-corrected chi connectivity index (χ1v) is 5.60. The summed E-state index contributed by atoms with van der Waals surface area (Å²) in [4.78, 5) is 18.0. The molecular weight excluding hydrogens is 214 g/mol. The zero-order valence-electron chi connectivity index (χ0n) is 9.68. The largest absolute Gasteiger partial charge is 0.365 e. The van der Waals surface area contributed by atoms with Gasteiger partial charge in [0, 0.05) is 18.9 Å². The zero-order chi connectivity index (χ0) is 12.1. The zero-order valence-corrected chi connectivity index (χ0v) is 9.68. The number of H-pyrrole nitrogens is 1. The van der Waals surface area contributed by atoms with E-state index in [1.165, 1.54) is 11.8 Å². The second kappa shape index (κ2) is 5.30. The fourth-order valence-electron chi connectivity index (χ4n) is 1.63. The monoisotopic (exact) mass is 229 g/mol. The van der Waals surface area contributed by atoms with Crippen LogP contribution in [0.25, 0.3) is 0 Å². The molecule has 0 aliphatic carbocycles. The minimum absolute atomic E-state index is 0.187. The summed E-state index contributed by atoms with van der Waals surface area (Å²) >= 11 is 0. The number of hydrogen-bond donors (Lipinski definition) is 2. The van der Waals surface area contributed by atoms with Crippen molar-refractivity contribution in [3.63, 3.8) is 0 Å². The molecule has 1 atom stereocenters. The lowest BCUT2D eigenvalue weighted by molar-refractivity contribution is 0.799. The molecule has 2 rings (SSSR count). The van der Waals surface area contributed by atoms with E-state index in [1.54, 1.807) is 6.20 Å². The molecule has 0 amide bonds. The van der Waals surface area contributed by atoms with E-state index < -0.39 is 0 Å². The average molecular weight is 229 g/mol. The number of benzene rings is 1. The van der Waals surface area contributed by atoms with E-state index in [9.17, 15) is 4.79 Å². The van der Waals surface area contributed by atoms with Crippen molar-refractivity contribution in [1.82, 2.24) is 9.97 Å². The highest BCUT2D eigenvalue weighted by Gasteiger charge is 2.06. The second-order valence-corrected chi connectivity index (χ2v) is 3.96. The molecule has 4 heteroatoms. The summed E-state index contributed by atoms with van der Waals surface area (Å²) in [5.74, 6) is 0.702. The van der Waals surface area contributed by atoms with Crippen LogP contribution in [0.5, 0.6) is 0 Å². The highest BCUT2D eigenvalue weighted by Crippen LogP contribution is 2.14. The second-order valence-electron chi connectivity index (χ2n) is 3.96. The number of aromatic nitrogens is 2. The lowest BCUT2D eigenvalue weighted by Gasteiger charge is -2.12. The first kappa shape index (κ1) is 11.4. The van der Waals surface area contributed by atoms with Gasteiger partial charge in [0.05, 0.1) is 0 Å². The van der Waals surface area contributed by atoms with Gasteiger partial charge in [-0.05, 0) is 11.5 Å². The van der Waals surface area contributed by atoms with Crippen LogP contribution in [0.1, 0.15) is 18.4 Å². The fraction of sp³-hybridized carbons (Fsp3) is 0.231. The third kappa shape index (κ3) is 2.93. The SMILES string of the molecule is CC(CNc1ncc[nH]c1=O)c1ccccc1. The van der Waals surface area contributed by atoms with Gasteiger partial charge in [-0.3, -0.25) is 4.79 Å². The molecule has 2 aromatic rings. The van der Waals surface area contributed by atoms with E-state index in [-0.39, 0.29) is 5.56 Å². The van der Waals surface area contributed by atoms with E-state index in [4.69, 9.17) is 0 Å². The molecule has 0 radical (unpaired) electrons. The summed E-state index contributed by atoms with van der Waals surface area (Å²) in [5, 5.41) is 3.06. The predicted octanol–water partition coefficient (Wildman–Crippen LogP) is 1.99. The third-order valence-corrected chi connectivity index (χ3v) is 2.65. The molecule has 1 heterocycles. The van der Waals surface area contributed by atoms with Gasteiger partial charge in [-0.2, -0.15) is 0 Å². The van der Waals surface area contributed by atoms with Gasteiger partial charge in [0.1, 0.15) is 0 Å². The van der Waals surface area contributed by atoms with Gasteiger partial charge in [0.15, 0.2) is 5.82 Å². The molecule has 17 heavy (non-hydrogen) atoms. The minimum atomic E-state index is -0.187. The molecule has 0 saturated carbocycles. The van der Waals surface area contributed by atoms with E-state index in [2.05, 4.69) is 34.3 Å². The van der Waals surface area contributed by atoms with Crippen LogP contribution in [-0.4, -0.2) is 16.5 Å². The van der Waals surface area contributed by atoms with Crippen molar-refractivity contribution in [2.75, 3.05) is 11.9 Å². The third-order valence-electron chi connectivity index (χ3n) is 2.65. The number of anilines is 1. The molecule has 2 N–H and O–H groups in total. The number of rotatable bonds is 4. The molecule has 1 unspecified atom stereocenters. The molecule has 4 nitrogen and oxygen atoms in total. The van der Waals surface area contributed by atoms with E-state index in [0.717, 1.165) is 0 Å². The van der Waals surface area contributed by atoms with Crippen molar-refractivity contribution >= 4 is 5.82 Å². The van der Waals surface area contributed by atoms with Crippen molar-refractivity contribution in [3.05, 3.63) is 58.6 Å². The summed E-state index contributed by atoms with van der Waals surface area (Å²) in [6.07, 6.45) is 3.09. The van der Waals surface area contributed by atoms with Crippen LogP contribution in [-0.2, 0) is 0 Å². The van der Waals surface area contributed by atoms with Crippen LogP contribution in [0.3, 0.4) is 0 Å². The van der Waals surface area contributed by atoms with Crippen molar-refractivity contribution in [3.8, 4) is 0 Å². The van der Waals surface area contributed by atoms with E-state index in [1.807, 2.05) is 18.2 Å². The summed E-state index contributed by atoms with van der Waals surface area (Å²) in [6, 6.07) is 10.2. The molecule has 0 bridgehead atoms. The average Bonchev–Trinajstić information content (AvgIpc) is 2.38. The lowest BCUT2D eigenvalue weighted by Crippen LogP contribution is -2.18. The maximum Gasteiger partial charge on any atom is 0.290 e. The van der Waals surface area contributed by atoms with Crippen LogP contribution < -0.4 is 10.9 Å². The van der Waals surface area contributed by atoms with Crippen LogP contribution >= 0.6 is 0 Å². The Bertz CT molecular complexity index is 521. The van der Waals surface area contributed by atoms with Gasteiger partial charge in [-0.1, -0.05) is 37.3 Å². The lowest BCUT2D eigenvalue weighted by atomic mass is 10.0. The smallest absolute Gasteiger partial charge is 0.290 e. The summed E-state index contributed by atoms with van der Waals surface area (Å²) in [6.45, 7) is 2.80. The molecule has 0 fully saturated rings. The molecule has 0 spiro atoms. The summed E-state index contributed by atoms with van der Waals surface area (Å²) < 4.78 is 0. The summed E-state index contributed by atoms with van der Waals surface area (Å²) in [7, 11) is 0. The van der Waals surface area contributed by atoms with Crippen molar-refractivity contribution < 1.29 is 0 Å². The van der Waals surface area contributed by atoms with Gasteiger partial charge in [0.25, 0.3) is 5.56 Å². The Morgan fingerprint density at radius 3 is 2.82 bits per heavy atom. The van der Waals surface area contributed by atoms with Crippen LogP contribution in [0.15, 0.2) is 47.5 Å². The van der Waals surface area contributed by atoms with Gasteiger partial charge in [0.2, 0.25) is 0 Å². The van der Waals surface area contributed by atoms with Gasteiger partial charge >= 0.3 is 0 Å². The van der Waals surface area contributed by atoms with Crippen molar-refractivity contribution in [1.29, 1.82) is 0 Å². The highest BCUT2D eigenvalue weighted by atomic mass is 16.1. The molecular formula is C13H15N3O. The standard InChI is InChI=1S/C13H15N3O/c1-10(11-5-3-2-4-6-11)9-16-12-13(17)15-8-7-14-12/h2-8,10H,9H2,1H3,(H,14,16)(H,15,17). The Morgan fingerprint density at radius 2 is 2.12 bits per heavy atom. The molecule has 0 saturated heterocycles. The Morgan fingerprint density at radius 1 is 1.35 bits per heavy atom. The first-order valence-electron chi connectivity index (χ1n) is 5.60. The Hall–Kier alpha value is -2.10. The first-order chi connectivity index (χ1) is 8.27. The molecule has 0 aliphatic heterocycles. The van der Waals surface area contributed by atoms with Gasteiger partial charge < -0.3 is 10.3 Å².